The molecule has 0 saturated carbocycles. The summed E-state index contributed by atoms with van der Waals surface area (Å²) in [4.78, 5) is 33.3. The number of anilines is 1. The highest BCUT2D eigenvalue weighted by atomic mass is 19.1. The summed E-state index contributed by atoms with van der Waals surface area (Å²) in [7, 11) is 1.55. The van der Waals surface area contributed by atoms with Crippen LogP contribution in [0.25, 0.3) is 11.2 Å². The Labute approximate surface area is 189 Å². The van der Waals surface area contributed by atoms with Crippen molar-refractivity contribution in [1.82, 2.24) is 18.7 Å². The number of fused-ring (bicyclic) bond motifs is 1. The number of nitrogens with zero attached hydrogens (tertiary/aromatic N) is 6. The Hall–Kier alpha value is -3.89. The average Bonchev–Trinajstić information content (AvgIpc) is 3.19. The Balaban J connectivity index is 1.94. The predicted octanol–water partition coefficient (Wildman–Crippen LogP) is 0.907. The molecule has 1 saturated heterocycles. The van der Waals surface area contributed by atoms with E-state index in [2.05, 4.69) is 16.8 Å². The van der Waals surface area contributed by atoms with Gasteiger partial charge in [-0.1, -0.05) is 12.0 Å². The molecule has 1 atom stereocenters. The summed E-state index contributed by atoms with van der Waals surface area (Å²) in [5.74, 6) is 5.81. The summed E-state index contributed by atoms with van der Waals surface area (Å²) in [5, 5.41) is 9.36. The van der Waals surface area contributed by atoms with Gasteiger partial charge in [0, 0.05) is 26.2 Å². The first-order valence-corrected chi connectivity index (χ1v) is 10.6. The van der Waals surface area contributed by atoms with E-state index < -0.39 is 17.1 Å². The van der Waals surface area contributed by atoms with Crippen molar-refractivity contribution in [3.05, 3.63) is 56.0 Å². The lowest BCUT2D eigenvalue weighted by atomic mass is 10.1. The number of halogens is 1. The number of aromatic nitrogens is 4. The minimum Gasteiger partial charge on any atom is -0.341 e. The minimum absolute atomic E-state index is 0.00683. The minimum atomic E-state index is -0.575. The van der Waals surface area contributed by atoms with Gasteiger partial charge in [-0.25, -0.2) is 9.18 Å². The normalized spacial score (nSPS) is 15.8. The fraction of sp³-hybridized carbons (Fsp3) is 0.391. The van der Waals surface area contributed by atoms with Crippen LogP contribution in [0, 0.1) is 29.0 Å². The van der Waals surface area contributed by atoms with Crippen LogP contribution in [0.4, 0.5) is 10.3 Å². The smallest absolute Gasteiger partial charge is 0.332 e. The van der Waals surface area contributed by atoms with E-state index in [4.69, 9.17) is 5.73 Å². The quantitative estimate of drug-likeness (QED) is 0.592. The van der Waals surface area contributed by atoms with E-state index >= 15 is 0 Å². The van der Waals surface area contributed by atoms with Crippen LogP contribution in [0.2, 0.25) is 0 Å². The Morgan fingerprint density at radius 3 is 2.79 bits per heavy atom. The number of nitrogens with two attached hydrogens (primary N) is 1. The summed E-state index contributed by atoms with van der Waals surface area (Å²) >= 11 is 0. The van der Waals surface area contributed by atoms with E-state index in [1.54, 1.807) is 18.5 Å². The van der Waals surface area contributed by atoms with Crippen LogP contribution in [0.1, 0.15) is 30.9 Å². The maximum absolute atomic E-state index is 13.6. The third kappa shape index (κ3) is 4.01. The molecule has 1 aliphatic heterocycles. The van der Waals surface area contributed by atoms with Gasteiger partial charge >= 0.3 is 5.69 Å². The van der Waals surface area contributed by atoms with E-state index in [-0.39, 0.29) is 35.9 Å². The molecular weight excluding hydrogens is 425 g/mol. The molecule has 170 valence electrons. The second-order valence-electron chi connectivity index (χ2n) is 8.09. The molecule has 0 bridgehead atoms. The van der Waals surface area contributed by atoms with Crippen molar-refractivity contribution in [2.75, 3.05) is 18.0 Å². The highest BCUT2D eigenvalue weighted by Crippen LogP contribution is 2.23. The molecule has 0 amide bonds. The Morgan fingerprint density at radius 2 is 2.09 bits per heavy atom. The maximum atomic E-state index is 13.6. The molecule has 0 radical (unpaired) electrons. The van der Waals surface area contributed by atoms with Crippen LogP contribution in [0.15, 0.2) is 27.8 Å². The molecular formula is C23H24FN7O2. The van der Waals surface area contributed by atoms with Crippen LogP contribution in [0.3, 0.4) is 0 Å². The van der Waals surface area contributed by atoms with Crippen LogP contribution >= 0.6 is 0 Å². The SMILES string of the molecule is CC#CCn1c(N2CCCC(N)C2)nc2c1c(=O)n(Cc1ccc(F)cc1C#N)c(=O)n2C. The molecule has 2 N–H and O–H groups in total. The molecule has 1 aromatic carbocycles. The van der Waals surface area contributed by atoms with Crippen LogP contribution in [0.5, 0.6) is 0 Å². The molecule has 1 aliphatic rings. The second kappa shape index (κ2) is 8.93. The number of rotatable bonds is 4. The Kier molecular flexibility index (Phi) is 6.03. The van der Waals surface area contributed by atoms with Gasteiger partial charge in [0.15, 0.2) is 11.2 Å². The first kappa shape index (κ1) is 22.3. The fourth-order valence-corrected chi connectivity index (χ4v) is 4.20. The van der Waals surface area contributed by atoms with Crippen LogP contribution < -0.4 is 21.9 Å². The van der Waals surface area contributed by atoms with Gasteiger partial charge in [-0.05, 0) is 37.5 Å². The zero-order valence-electron chi connectivity index (χ0n) is 18.5. The number of piperidine rings is 1. The lowest BCUT2D eigenvalue weighted by molar-refractivity contribution is 0.496. The number of aryl methyl sites for hydroxylation is 1. The van der Waals surface area contributed by atoms with Crippen molar-refractivity contribution in [3.63, 3.8) is 0 Å². The van der Waals surface area contributed by atoms with Crippen molar-refractivity contribution >= 4 is 17.1 Å². The summed E-state index contributed by atoms with van der Waals surface area (Å²) in [6.45, 7) is 3.09. The number of hydrogen-bond donors (Lipinski definition) is 1. The largest absolute Gasteiger partial charge is 0.341 e. The Bertz CT molecular complexity index is 1450. The van der Waals surface area contributed by atoms with Gasteiger partial charge in [0.05, 0.1) is 24.7 Å². The molecule has 0 aliphatic carbocycles. The molecule has 4 rings (SSSR count). The van der Waals surface area contributed by atoms with E-state index in [1.165, 1.54) is 16.7 Å². The zero-order chi connectivity index (χ0) is 23.7. The average molecular weight is 449 g/mol. The van der Waals surface area contributed by atoms with Crippen molar-refractivity contribution in [2.24, 2.45) is 12.8 Å². The highest BCUT2D eigenvalue weighted by Gasteiger charge is 2.26. The standard InChI is InChI=1S/C23H24FN7O2/c1-3-4-10-30-19-20(27-22(30)29-9-5-6-18(26)14-29)28(2)23(33)31(21(19)32)13-15-7-8-17(24)11-16(15)12-25/h7-8,11,18H,5-6,9-10,13-14,26H2,1-2H3. The molecule has 33 heavy (non-hydrogen) atoms. The maximum Gasteiger partial charge on any atom is 0.332 e. The van der Waals surface area contributed by atoms with Gasteiger partial charge in [0.1, 0.15) is 5.82 Å². The van der Waals surface area contributed by atoms with Gasteiger partial charge in [0.25, 0.3) is 5.56 Å². The first-order chi connectivity index (χ1) is 15.8. The number of hydrogen-bond acceptors (Lipinski definition) is 6. The lowest BCUT2D eigenvalue weighted by Crippen LogP contribution is -2.44. The predicted molar refractivity (Wildman–Crippen MR) is 122 cm³/mol. The van der Waals surface area contributed by atoms with E-state index in [0.717, 1.165) is 30.0 Å². The number of benzene rings is 1. The molecule has 1 unspecified atom stereocenters. The topological polar surface area (TPSA) is 115 Å². The van der Waals surface area contributed by atoms with Gasteiger partial charge in [0.2, 0.25) is 5.95 Å². The molecule has 0 spiro atoms. The number of nitriles is 1. The summed E-state index contributed by atoms with van der Waals surface area (Å²) in [6.07, 6.45) is 1.81. The van der Waals surface area contributed by atoms with E-state index in [9.17, 15) is 19.2 Å². The third-order valence-electron chi connectivity index (χ3n) is 5.89. The van der Waals surface area contributed by atoms with Gasteiger partial charge in [-0.3, -0.25) is 18.5 Å². The van der Waals surface area contributed by atoms with Gasteiger partial charge < -0.3 is 10.6 Å². The van der Waals surface area contributed by atoms with Crippen molar-refractivity contribution < 1.29 is 4.39 Å². The number of imidazole rings is 1. The third-order valence-corrected chi connectivity index (χ3v) is 5.89. The van der Waals surface area contributed by atoms with Crippen LogP contribution in [-0.4, -0.2) is 37.8 Å². The fourth-order valence-electron chi connectivity index (χ4n) is 4.20. The lowest BCUT2D eigenvalue weighted by Gasteiger charge is -2.31. The van der Waals surface area contributed by atoms with Crippen molar-refractivity contribution in [3.8, 4) is 17.9 Å². The molecule has 3 aromatic rings. The summed E-state index contributed by atoms with van der Waals surface area (Å²) < 4.78 is 17.6. The van der Waals surface area contributed by atoms with Crippen molar-refractivity contribution in [1.29, 1.82) is 5.26 Å². The van der Waals surface area contributed by atoms with Crippen molar-refractivity contribution in [2.45, 2.75) is 38.9 Å². The molecule has 9 nitrogen and oxygen atoms in total. The summed E-state index contributed by atoms with van der Waals surface area (Å²) in [5.41, 5.74) is 5.98. The van der Waals surface area contributed by atoms with Gasteiger partial charge in [-0.15, -0.1) is 5.92 Å². The molecule has 1 fully saturated rings. The second-order valence-corrected chi connectivity index (χ2v) is 8.09. The zero-order valence-corrected chi connectivity index (χ0v) is 18.5. The van der Waals surface area contributed by atoms with E-state index in [0.29, 0.717) is 18.1 Å². The monoisotopic (exact) mass is 449 g/mol. The Morgan fingerprint density at radius 1 is 1.30 bits per heavy atom. The molecule has 2 aromatic heterocycles. The summed E-state index contributed by atoms with van der Waals surface area (Å²) in [6, 6.07) is 5.60. The van der Waals surface area contributed by atoms with E-state index in [1.807, 2.05) is 11.0 Å². The van der Waals surface area contributed by atoms with Gasteiger partial charge in [-0.2, -0.15) is 10.2 Å². The molecule has 3 heterocycles. The first-order valence-electron chi connectivity index (χ1n) is 10.6. The van der Waals surface area contributed by atoms with Crippen LogP contribution in [-0.2, 0) is 20.1 Å². The highest BCUT2D eigenvalue weighted by molar-refractivity contribution is 5.75. The molecule has 10 heteroatoms.